The molecule has 1 aromatic rings. The first-order valence-electron chi connectivity index (χ1n) is 6.00. The van der Waals surface area contributed by atoms with E-state index in [0.29, 0.717) is 19.4 Å². The molecular weight excluding hydrogens is 216 g/mol. The maximum Gasteiger partial charge on any atom is 0.316 e. The van der Waals surface area contributed by atoms with Gasteiger partial charge in [0.2, 0.25) is 0 Å². The highest BCUT2D eigenvalue weighted by Gasteiger charge is 2.32. The molecule has 1 unspecified atom stereocenters. The molecule has 1 fully saturated rings. The monoisotopic (exact) mass is 232 g/mol. The van der Waals surface area contributed by atoms with E-state index in [0.717, 1.165) is 12.8 Å². The van der Waals surface area contributed by atoms with Crippen molar-refractivity contribution in [3.63, 3.8) is 0 Å². The largest absolute Gasteiger partial charge is 0.465 e. The average Bonchev–Trinajstić information content (AvgIpc) is 2.77. The number of ether oxygens (including phenoxy) is 1. The summed E-state index contributed by atoms with van der Waals surface area (Å²) in [5.74, 6) is -0.802. The highest BCUT2D eigenvalue weighted by Crippen LogP contribution is 2.18. The number of hydrogen-bond donors (Lipinski definition) is 0. The maximum absolute atomic E-state index is 11.7. The van der Waals surface area contributed by atoms with Crippen molar-refractivity contribution < 1.29 is 14.3 Å². The molecular formula is C14H16O3. The summed E-state index contributed by atoms with van der Waals surface area (Å²) in [5, 5.41) is 0. The Morgan fingerprint density at radius 3 is 2.71 bits per heavy atom. The van der Waals surface area contributed by atoms with E-state index in [1.807, 2.05) is 30.3 Å². The van der Waals surface area contributed by atoms with Crippen molar-refractivity contribution in [1.29, 1.82) is 0 Å². The van der Waals surface area contributed by atoms with Gasteiger partial charge in [-0.25, -0.2) is 0 Å². The molecule has 0 radical (unpaired) electrons. The minimum atomic E-state index is -0.495. The average molecular weight is 232 g/mol. The first-order valence-corrected chi connectivity index (χ1v) is 6.00. The molecule has 90 valence electrons. The fraction of sp³-hybridized carbons (Fsp3) is 0.429. The highest BCUT2D eigenvalue weighted by molar-refractivity contribution is 5.99. The summed E-state index contributed by atoms with van der Waals surface area (Å²) in [7, 11) is 0. The second-order valence-electron chi connectivity index (χ2n) is 4.31. The zero-order valence-electron chi connectivity index (χ0n) is 9.72. The second-order valence-corrected chi connectivity index (χ2v) is 4.31. The predicted octanol–water partition coefficient (Wildman–Crippen LogP) is 2.14. The molecule has 0 aromatic heterocycles. The van der Waals surface area contributed by atoms with Crippen molar-refractivity contribution in [2.45, 2.75) is 25.7 Å². The van der Waals surface area contributed by atoms with Gasteiger partial charge in [-0.3, -0.25) is 9.59 Å². The van der Waals surface area contributed by atoms with E-state index in [2.05, 4.69) is 0 Å². The van der Waals surface area contributed by atoms with Crippen LogP contribution in [0.3, 0.4) is 0 Å². The lowest BCUT2D eigenvalue weighted by atomic mass is 9.97. The Balaban J connectivity index is 1.75. The first-order chi connectivity index (χ1) is 8.27. The Morgan fingerprint density at radius 2 is 2.06 bits per heavy atom. The summed E-state index contributed by atoms with van der Waals surface area (Å²) in [5.41, 5.74) is 1.23. The van der Waals surface area contributed by atoms with Gasteiger partial charge in [0.05, 0.1) is 6.61 Å². The van der Waals surface area contributed by atoms with Gasteiger partial charge in [-0.15, -0.1) is 0 Å². The predicted molar refractivity (Wildman–Crippen MR) is 63.5 cm³/mol. The summed E-state index contributed by atoms with van der Waals surface area (Å²) in [6.45, 7) is 0.397. The van der Waals surface area contributed by atoms with Gasteiger partial charge >= 0.3 is 5.97 Å². The van der Waals surface area contributed by atoms with Crippen LogP contribution in [0.25, 0.3) is 0 Å². The molecule has 0 aliphatic carbocycles. The van der Waals surface area contributed by atoms with Gasteiger partial charge in [-0.05, 0) is 18.4 Å². The van der Waals surface area contributed by atoms with E-state index >= 15 is 0 Å². The van der Waals surface area contributed by atoms with E-state index in [1.54, 1.807) is 0 Å². The Bertz CT molecular complexity index is 397. The number of Topliss-reactive ketones (excluding diaryl/α,β-unsaturated/α-hetero) is 1. The summed E-state index contributed by atoms with van der Waals surface area (Å²) >= 11 is 0. The molecule has 1 saturated heterocycles. The standard InChI is InChI=1S/C14H16O3/c15-13(12-9-10-17-14(12)16)8-4-7-11-5-2-1-3-6-11/h1-3,5-6,12H,4,7-10H2. The number of rotatable bonds is 5. The van der Waals surface area contributed by atoms with E-state index in [9.17, 15) is 9.59 Å². The van der Waals surface area contributed by atoms with Gasteiger partial charge in [-0.1, -0.05) is 30.3 Å². The third-order valence-electron chi connectivity index (χ3n) is 3.06. The third-order valence-corrected chi connectivity index (χ3v) is 3.06. The lowest BCUT2D eigenvalue weighted by Crippen LogP contribution is -2.19. The molecule has 1 aliphatic rings. The van der Waals surface area contributed by atoms with Crippen molar-refractivity contribution in [2.24, 2.45) is 5.92 Å². The van der Waals surface area contributed by atoms with Gasteiger partial charge in [0, 0.05) is 12.8 Å². The molecule has 0 spiro atoms. The van der Waals surface area contributed by atoms with Crippen molar-refractivity contribution >= 4 is 11.8 Å². The maximum atomic E-state index is 11.7. The lowest BCUT2D eigenvalue weighted by molar-refractivity contribution is -0.144. The van der Waals surface area contributed by atoms with Crippen LogP contribution in [0.1, 0.15) is 24.8 Å². The van der Waals surface area contributed by atoms with Crippen LogP contribution in [-0.4, -0.2) is 18.4 Å². The van der Waals surface area contributed by atoms with Crippen LogP contribution in [0.2, 0.25) is 0 Å². The Labute approximate surface area is 101 Å². The van der Waals surface area contributed by atoms with E-state index < -0.39 is 5.92 Å². The number of esters is 1. The zero-order chi connectivity index (χ0) is 12.1. The second kappa shape index (κ2) is 5.62. The van der Waals surface area contributed by atoms with Crippen LogP contribution in [-0.2, 0) is 20.7 Å². The van der Waals surface area contributed by atoms with Crippen LogP contribution in [0.15, 0.2) is 30.3 Å². The number of carbonyl (C=O) groups is 2. The molecule has 17 heavy (non-hydrogen) atoms. The molecule has 1 aromatic carbocycles. The fourth-order valence-corrected chi connectivity index (χ4v) is 2.07. The number of hydrogen-bond acceptors (Lipinski definition) is 3. The van der Waals surface area contributed by atoms with E-state index in [4.69, 9.17) is 4.74 Å². The number of ketones is 1. The van der Waals surface area contributed by atoms with Gasteiger partial charge < -0.3 is 4.74 Å². The summed E-state index contributed by atoms with van der Waals surface area (Å²) in [4.78, 5) is 23.0. The first kappa shape index (κ1) is 11.8. The van der Waals surface area contributed by atoms with Gasteiger partial charge in [0.1, 0.15) is 11.7 Å². The summed E-state index contributed by atoms with van der Waals surface area (Å²) in [6, 6.07) is 10.1. The van der Waals surface area contributed by atoms with Crippen LogP contribution in [0.5, 0.6) is 0 Å². The molecule has 1 atom stereocenters. The Morgan fingerprint density at radius 1 is 1.29 bits per heavy atom. The molecule has 3 nitrogen and oxygen atoms in total. The normalized spacial score (nSPS) is 19.1. The minimum Gasteiger partial charge on any atom is -0.465 e. The molecule has 0 saturated carbocycles. The molecule has 0 amide bonds. The van der Waals surface area contributed by atoms with Crippen LogP contribution >= 0.6 is 0 Å². The molecule has 3 heteroatoms. The number of cyclic esters (lactones) is 1. The van der Waals surface area contributed by atoms with E-state index in [-0.39, 0.29) is 11.8 Å². The highest BCUT2D eigenvalue weighted by atomic mass is 16.5. The molecule has 0 N–H and O–H groups in total. The topological polar surface area (TPSA) is 43.4 Å². The van der Waals surface area contributed by atoms with Crippen molar-refractivity contribution in [3.05, 3.63) is 35.9 Å². The van der Waals surface area contributed by atoms with Crippen molar-refractivity contribution in [2.75, 3.05) is 6.61 Å². The van der Waals surface area contributed by atoms with Gasteiger partial charge in [-0.2, -0.15) is 0 Å². The van der Waals surface area contributed by atoms with Crippen molar-refractivity contribution in [1.82, 2.24) is 0 Å². The van der Waals surface area contributed by atoms with Crippen LogP contribution < -0.4 is 0 Å². The Hall–Kier alpha value is -1.64. The Kier molecular flexibility index (Phi) is 3.91. The number of benzene rings is 1. The molecule has 0 bridgehead atoms. The van der Waals surface area contributed by atoms with E-state index in [1.165, 1.54) is 5.56 Å². The summed E-state index contributed by atoms with van der Waals surface area (Å²) in [6.07, 6.45) is 2.71. The molecule has 1 heterocycles. The third kappa shape index (κ3) is 3.16. The lowest BCUT2D eigenvalue weighted by Gasteiger charge is -2.04. The summed E-state index contributed by atoms with van der Waals surface area (Å²) < 4.78 is 4.79. The molecule has 2 rings (SSSR count). The minimum absolute atomic E-state index is 0.0310. The number of carbonyl (C=O) groups excluding carboxylic acids is 2. The molecule has 1 aliphatic heterocycles. The number of aryl methyl sites for hydroxylation is 1. The van der Waals surface area contributed by atoms with Crippen LogP contribution in [0.4, 0.5) is 0 Å². The zero-order valence-corrected chi connectivity index (χ0v) is 9.72. The van der Waals surface area contributed by atoms with Gasteiger partial charge in [0.25, 0.3) is 0 Å². The van der Waals surface area contributed by atoms with Gasteiger partial charge in [0.15, 0.2) is 0 Å². The SMILES string of the molecule is O=C(CCCc1ccccc1)C1CCOC1=O. The van der Waals surface area contributed by atoms with Crippen molar-refractivity contribution in [3.8, 4) is 0 Å². The van der Waals surface area contributed by atoms with Crippen LogP contribution in [0, 0.1) is 5.92 Å². The fourth-order valence-electron chi connectivity index (χ4n) is 2.07. The smallest absolute Gasteiger partial charge is 0.316 e. The quantitative estimate of drug-likeness (QED) is 0.577.